The summed E-state index contributed by atoms with van der Waals surface area (Å²) in [5.74, 6) is 0. The quantitative estimate of drug-likeness (QED) is 0.804. The highest BCUT2D eigenvalue weighted by molar-refractivity contribution is 9.10. The number of likely N-dealkylation sites (N-methyl/N-ethyl adjacent to an activating group) is 1. The lowest BCUT2D eigenvalue weighted by atomic mass is 10.1. The van der Waals surface area contributed by atoms with Crippen LogP contribution in [0.5, 0.6) is 0 Å². The highest BCUT2D eigenvalue weighted by atomic mass is 79.9. The minimum Gasteiger partial charge on any atom is -0.318 e. The third-order valence-electron chi connectivity index (χ3n) is 3.49. The Morgan fingerprint density at radius 3 is 2.86 bits per heavy atom. The molecule has 1 atom stereocenters. The highest BCUT2D eigenvalue weighted by Crippen LogP contribution is 2.28. The first kappa shape index (κ1) is 17.0. The van der Waals surface area contributed by atoms with Gasteiger partial charge in [-0.2, -0.15) is 12.7 Å². The molecule has 1 heterocycles. The topological polar surface area (TPSA) is 61.4 Å². The van der Waals surface area contributed by atoms with Gasteiger partial charge in [0.15, 0.2) is 0 Å². The summed E-state index contributed by atoms with van der Waals surface area (Å²) < 4.78 is 30.0. The molecule has 118 valence electrons. The van der Waals surface area contributed by atoms with E-state index in [1.165, 1.54) is 0 Å². The molecule has 1 aliphatic rings. The highest BCUT2D eigenvalue weighted by Gasteiger charge is 2.32. The van der Waals surface area contributed by atoms with E-state index in [2.05, 4.69) is 26.0 Å². The van der Waals surface area contributed by atoms with Crippen LogP contribution in [0.25, 0.3) is 0 Å². The fraction of sp³-hybridized carbons (Fsp3) is 0.538. The third-order valence-corrected chi connectivity index (χ3v) is 5.96. The average Bonchev–Trinajstić information content (AvgIpc) is 2.43. The smallest absolute Gasteiger partial charge is 0.301 e. The van der Waals surface area contributed by atoms with Gasteiger partial charge in [-0.05, 0) is 54.0 Å². The lowest BCUT2D eigenvalue weighted by Crippen LogP contribution is -2.49. The van der Waals surface area contributed by atoms with E-state index >= 15 is 0 Å². The summed E-state index contributed by atoms with van der Waals surface area (Å²) in [6.07, 6.45) is 2.83. The van der Waals surface area contributed by atoms with Crippen LogP contribution >= 0.6 is 27.5 Å². The molecule has 8 heteroatoms. The zero-order valence-electron chi connectivity index (χ0n) is 11.8. The molecule has 2 N–H and O–H groups in total. The minimum absolute atomic E-state index is 0.00711. The lowest BCUT2D eigenvalue weighted by molar-refractivity contribution is 0.250. The molecule has 1 unspecified atom stereocenters. The molecule has 0 aromatic heterocycles. The monoisotopic (exact) mass is 395 g/mol. The van der Waals surface area contributed by atoms with Gasteiger partial charge in [0.2, 0.25) is 0 Å². The van der Waals surface area contributed by atoms with Crippen molar-refractivity contribution in [3.8, 4) is 0 Å². The van der Waals surface area contributed by atoms with Gasteiger partial charge in [-0.1, -0.05) is 18.0 Å². The van der Waals surface area contributed by atoms with E-state index in [0.717, 1.165) is 19.3 Å². The van der Waals surface area contributed by atoms with Crippen LogP contribution in [0.4, 0.5) is 5.69 Å². The van der Waals surface area contributed by atoms with Crippen LogP contribution in [0, 0.1) is 0 Å². The Morgan fingerprint density at radius 1 is 1.43 bits per heavy atom. The molecule has 2 rings (SSSR count). The van der Waals surface area contributed by atoms with Gasteiger partial charge in [0.25, 0.3) is 0 Å². The second-order valence-corrected chi connectivity index (χ2v) is 7.96. The van der Waals surface area contributed by atoms with E-state index in [-0.39, 0.29) is 6.04 Å². The van der Waals surface area contributed by atoms with Crippen molar-refractivity contribution >= 4 is 43.4 Å². The summed E-state index contributed by atoms with van der Waals surface area (Å²) in [5.41, 5.74) is 0.494. The Bertz CT molecular complexity index is 595. The van der Waals surface area contributed by atoms with Gasteiger partial charge in [-0.25, -0.2) is 0 Å². The Kier molecular flexibility index (Phi) is 5.90. The van der Waals surface area contributed by atoms with E-state index in [0.29, 0.717) is 28.3 Å². The molecule has 0 aliphatic carbocycles. The zero-order chi connectivity index (χ0) is 15.5. The summed E-state index contributed by atoms with van der Waals surface area (Å²) in [6, 6.07) is 4.97. The van der Waals surface area contributed by atoms with Crippen LogP contribution in [0.3, 0.4) is 0 Å². The van der Waals surface area contributed by atoms with Crippen molar-refractivity contribution in [2.75, 3.05) is 24.9 Å². The van der Waals surface area contributed by atoms with Gasteiger partial charge >= 0.3 is 10.2 Å². The molecule has 1 aromatic rings. The number of nitrogens with one attached hydrogen (secondary N) is 2. The maximum absolute atomic E-state index is 12.6. The number of nitrogens with zero attached hydrogens (tertiary/aromatic N) is 1. The molecule has 1 saturated heterocycles. The lowest BCUT2D eigenvalue weighted by Gasteiger charge is -2.34. The second-order valence-electron chi connectivity index (χ2n) is 5.05. The standard InChI is InChI=1S/C13H19BrClN3O2S/c1-16-9-11-4-2-3-7-18(11)21(19,20)17-13-6-5-10(15)8-12(13)14/h5-6,8,11,16-17H,2-4,7,9H2,1H3. The minimum atomic E-state index is -3.57. The van der Waals surface area contributed by atoms with Crippen LogP contribution in [0.1, 0.15) is 19.3 Å². The van der Waals surface area contributed by atoms with Gasteiger partial charge in [0, 0.05) is 28.6 Å². The predicted octanol–water partition coefficient (Wildman–Crippen LogP) is 2.83. The molecule has 5 nitrogen and oxygen atoms in total. The van der Waals surface area contributed by atoms with Crippen LogP contribution in [-0.2, 0) is 10.2 Å². The summed E-state index contributed by atoms with van der Waals surface area (Å²) in [6.45, 7) is 1.20. The number of hydrogen-bond acceptors (Lipinski definition) is 3. The zero-order valence-corrected chi connectivity index (χ0v) is 14.9. The van der Waals surface area contributed by atoms with Gasteiger partial charge in [-0.3, -0.25) is 4.72 Å². The first-order valence-corrected chi connectivity index (χ1v) is 9.44. The van der Waals surface area contributed by atoms with Gasteiger partial charge < -0.3 is 5.32 Å². The molecule has 0 spiro atoms. The van der Waals surface area contributed by atoms with E-state index < -0.39 is 10.2 Å². The Hall–Kier alpha value is -0.340. The SMILES string of the molecule is CNCC1CCCCN1S(=O)(=O)Nc1ccc(Cl)cc1Br. The van der Waals surface area contributed by atoms with Gasteiger partial charge in [0.05, 0.1) is 5.69 Å². The van der Waals surface area contributed by atoms with Crippen LogP contribution in [0.2, 0.25) is 5.02 Å². The number of hydrogen-bond donors (Lipinski definition) is 2. The van der Waals surface area contributed by atoms with Crippen molar-refractivity contribution in [1.82, 2.24) is 9.62 Å². The molecular formula is C13H19BrClN3O2S. The largest absolute Gasteiger partial charge is 0.318 e. The summed E-state index contributed by atoms with van der Waals surface area (Å²) in [7, 11) is -1.74. The van der Waals surface area contributed by atoms with E-state index in [4.69, 9.17) is 11.6 Å². The van der Waals surface area contributed by atoms with Crippen molar-refractivity contribution in [2.24, 2.45) is 0 Å². The first-order valence-electron chi connectivity index (χ1n) is 6.83. The molecule has 0 bridgehead atoms. The third kappa shape index (κ3) is 4.32. The van der Waals surface area contributed by atoms with Crippen LogP contribution in [-0.4, -0.2) is 38.9 Å². The molecule has 0 saturated carbocycles. The Balaban J connectivity index is 2.20. The van der Waals surface area contributed by atoms with Crippen LogP contribution in [0.15, 0.2) is 22.7 Å². The number of halogens is 2. The van der Waals surface area contributed by atoms with E-state index in [1.807, 2.05) is 7.05 Å². The van der Waals surface area contributed by atoms with Crippen molar-refractivity contribution in [3.63, 3.8) is 0 Å². The summed E-state index contributed by atoms with van der Waals surface area (Å²) in [4.78, 5) is 0. The maximum Gasteiger partial charge on any atom is 0.301 e. The predicted molar refractivity (Wildman–Crippen MR) is 90.0 cm³/mol. The maximum atomic E-state index is 12.6. The van der Waals surface area contributed by atoms with E-state index in [9.17, 15) is 8.42 Å². The molecule has 0 radical (unpaired) electrons. The fourth-order valence-electron chi connectivity index (χ4n) is 2.50. The Morgan fingerprint density at radius 2 is 2.19 bits per heavy atom. The van der Waals surface area contributed by atoms with Crippen LogP contribution < -0.4 is 10.0 Å². The second kappa shape index (κ2) is 7.28. The van der Waals surface area contributed by atoms with Crippen molar-refractivity contribution in [1.29, 1.82) is 0 Å². The summed E-state index contributed by atoms with van der Waals surface area (Å²) >= 11 is 9.20. The van der Waals surface area contributed by atoms with Crippen molar-refractivity contribution in [3.05, 3.63) is 27.7 Å². The molecular weight excluding hydrogens is 378 g/mol. The number of benzene rings is 1. The molecule has 0 amide bonds. The summed E-state index contributed by atoms with van der Waals surface area (Å²) in [5, 5.41) is 3.61. The molecule has 1 aromatic carbocycles. The number of rotatable bonds is 5. The normalized spacial score (nSPS) is 20.4. The number of anilines is 1. The number of piperidine rings is 1. The molecule has 1 fully saturated rings. The van der Waals surface area contributed by atoms with Gasteiger partial charge in [0.1, 0.15) is 0 Å². The fourth-order valence-corrected chi connectivity index (χ4v) is 4.93. The average molecular weight is 397 g/mol. The molecule has 1 aliphatic heterocycles. The molecule has 21 heavy (non-hydrogen) atoms. The van der Waals surface area contributed by atoms with Crippen molar-refractivity contribution < 1.29 is 8.42 Å². The van der Waals surface area contributed by atoms with E-state index in [1.54, 1.807) is 22.5 Å². The van der Waals surface area contributed by atoms with Gasteiger partial charge in [-0.15, -0.1) is 0 Å². The first-order chi connectivity index (χ1) is 9.94. The van der Waals surface area contributed by atoms with Crippen molar-refractivity contribution in [2.45, 2.75) is 25.3 Å². The Labute approximate surface area is 139 Å².